The number of nitrogens with one attached hydrogen (secondary N) is 1. The number of methoxy groups -OCH3 is 1. The summed E-state index contributed by atoms with van der Waals surface area (Å²) in [5, 5.41) is 3.32. The lowest BCUT2D eigenvalue weighted by atomic mass is 10.0. The molecule has 1 heterocycles. The first-order valence-electron chi connectivity index (χ1n) is 6.61. The molecule has 2 rings (SSSR count). The quantitative estimate of drug-likeness (QED) is 0.612. The fourth-order valence-electron chi connectivity index (χ4n) is 2.39. The zero-order valence-electron chi connectivity index (χ0n) is 11.3. The summed E-state index contributed by atoms with van der Waals surface area (Å²) in [4.78, 5) is 14.2. The van der Waals surface area contributed by atoms with Crippen LogP contribution in [0.3, 0.4) is 0 Å². The largest absolute Gasteiger partial charge is 0.465 e. The molecule has 0 spiro atoms. The molecule has 1 aliphatic heterocycles. The number of nitrogens with zero attached hydrogens (tertiary/aromatic N) is 1. The van der Waals surface area contributed by atoms with Gasteiger partial charge in [0.15, 0.2) is 0 Å². The van der Waals surface area contributed by atoms with Gasteiger partial charge in [-0.25, -0.2) is 4.79 Å². The Bertz CT molecular complexity index is 442. The van der Waals surface area contributed by atoms with Gasteiger partial charge < -0.3 is 20.7 Å². The Hall–Kier alpha value is -1.59. The lowest BCUT2D eigenvalue weighted by Crippen LogP contribution is -2.44. The first-order valence-corrected chi connectivity index (χ1v) is 6.61. The van der Waals surface area contributed by atoms with Gasteiger partial charge in [0.05, 0.1) is 12.7 Å². The summed E-state index contributed by atoms with van der Waals surface area (Å²) in [7, 11) is 1.38. The molecule has 0 amide bonds. The number of esters is 1. The first-order chi connectivity index (χ1) is 9.22. The van der Waals surface area contributed by atoms with Crippen LogP contribution in [0.5, 0.6) is 0 Å². The van der Waals surface area contributed by atoms with Gasteiger partial charge in [0.25, 0.3) is 0 Å². The average Bonchev–Trinajstić information content (AvgIpc) is 2.45. The number of carbonyl (C=O) groups excluding carboxylic acids is 1. The van der Waals surface area contributed by atoms with E-state index in [0.29, 0.717) is 11.3 Å². The number of anilines is 1. The summed E-state index contributed by atoms with van der Waals surface area (Å²) >= 11 is 0. The van der Waals surface area contributed by atoms with Crippen molar-refractivity contribution < 1.29 is 9.53 Å². The molecule has 5 nitrogen and oxygen atoms in total. The maximum Gasteiger partial charge on any atom is 0.340 e. The lowest BCUT2D eigenvalue weighted by Gasteiger charge is -2.27. The summed E-state index contributed by atoms with van der Waals surface area (Å²) in [5.41, 5.74) is 7.85. The third kappa shape index (κ3) is 3.45. The minimum absolute atomic E-state index is 0.353. The van der Waals surface area contributed by atoms with E-state index in [0.717, 1.165) is 44.7 Å². The second-order valence-electron chi connectivity index (χ2n) is 4.71. The molecule has 0 aromatic heterocycles. The van der Waals surface area contributed by atoms with Crippen molar-refractivity contribution in [1.82, 2.24) is 10.2 Å². The summed E-state index contributed by atoms with van der Waals surface area (Å²) < 4.78 is 4.81. The van der Waals surface area contributed by atoms with Crippen molar-refractivity contribution in [3.63, 3.8) is 0 Å². The predicted molar refractivity (Wildman–Crippen MR) is 75.2 cm³/mol. The molecule has 104 valence electrons. The molecule has 0 unspecified atom stereocenters. The molecule has 1 fully saturated rings. The van der Waals surface area contributed by atoms with Gasteiger partial charge in [0.2, 0.25) is 0 Å². The van der Waals surface area contributed by atoms with Gasteiger partial charge in [-0.15, -0.1) is 0 Å². The molecule has 1 aromatic carbocycles. The van der Waals surface area contributed by atoms with E-state index in [2.05, 4.69) is 10.2 Å². The van der Waals surface area contributed by atoms with Crippen LogP contribution in [0.15, 0.2) is 18.2 Å². The van der Waals surface area contributed by atoms with Crippen molar-refractivity contribution in [2.45, 2.75) is 6.42 Å². The third-order valence-corrected chi connectivity index (χ3v) is 3.48. The Balaban J connectivity index is 2.06. The molecular formula is C14H21N3O2. The number of carbonyl (C=O) groups is 1. The van der Waals surface area contributed by atoms with Crippen molar-refractivity contribution in [2.24, 2.45) is 0 Å². The number of ether oxygens (including phenoxy) is 1. The Kier molecular flexibility index (Phi) is 4.76. The number of benzene rings is 1. The van der Waals surface area contributed by atoms with E-state index in [1.54, 1.807) is 6.07 Å². The Morgan fingerprint density at radius 3 is 2.84 bits per heavy atom. The number of piperazine rings is 1. The van der Waals surface area contributed by atoms with E-state index >= 15 is 0 Å². The maximum absolute atomic E-state index is 11.8. The van der Waals surface area contributed by atoms with Crippen LogP contribution < -0.4 is 11.1 Å². The van der Waals surface area contributed by atoms with Crippen LogP contribution in [-0.2, 0) is 11.2 Å². The minimum Gasteiger partial charge on any atom is -0.465 e. The lowest BCUT2D eigenvalue weighted by molar-refractivity contribution is 0.0600. The van der Waals surface area contributed by atoms with Gasteiger partial charge in [-0.2, -0.15) is 0 Å². The molecular weight excluding hydrogens is 242 g/mol. The number of hydrogen-bond donors (Lipinski definition) is 2. The highest BCUT2D eigenvalue weighted by Crippen LogP contribution is 2.19. The summed E-state index contributed by atoms with van der Waals surface area (Å²) in [6.07, 6.45) is 0.815. The fraction of sp³-hybridized carbons (Fsp3) is 0.500. The highest BCUT2D eigenvalue weighted by molar-refractivity contribution is 5.96. The topological polar surface area (TPSA) is 67.6 Å². The van der Waals surface area contributed by atoms with Crippen molar-refractivity contribution in [1.29, 1.82) is 0 Å². The van der Waals surface area contributed by atoms with Crippen LogP contribution in [0, 0.1) is 0 Å². The molecule has 0 radical (unpaired) electrons. The van der Waals surface area contributed by atoms with Gasteiger partial charge >= 0.3 is 5.97 Å². The number of hydrogen-bond acceptors (Lipinski definition) is 5. The normalized spacial score (nSPS) is 16.3. The SMILES string of the molecule is COC(=O)c1c(N)cccc1CCN1CCNCC1. The Morgan fingerprint density at radius 2 is 2.16 bits per heavy atom. The van der Waals surface area contributed by atoms with Crippen LogP contribution >= 0.6 is 0 Å². The zero-order chi connectivity index (χ0) is 13.7. The highest BCUT2D eigenvalue weighted by Gasteiger charge is 2.16. The second-order valence-corrected chi connectivity index (χ2v) is 4.71. The van der Waals surface area contributed by atoms with E-state index in [1.165, 1.54) is 7.11 Å². The zero-order valence-corrected chi connectivity index (χ0v) is 11.3. The van der Waals surface area contributed by atoms with Crippen molar-refractivity contribution in [2.75, 3.05) is 45.6 Å². The molecule has 1 aliphatic rings. The van der Waals surface area contributed by atoms with Crippen LogP contribution in [0.25, 0.3) is 0 Å². The fourth-order valence-corrected chi connectivity index (χ4v) is 2.39. The molecule has 0 bridgehead atoms. The van der Waals surface area contributed by atoms with Crippen molar-refractivity contribution in [3.05, 3.63) is 29.3 Å². The van der Waals surface area contributed by atoms with Gasteiger partial charge in [-0.05, 0) is 18.1 Å². The predicted octanol–water partition coefficient (Wildman–Crippen LogP) is 0.503. The smallest absolute Gasteiger partial charge is 0.340 e. The van der Waals surface area contributed by atoms with Crippen LogP contribution in [0.1, 0.15) is 15.9 Å². The standard InChI is InChI=1S/C14H21N3O2/c1-19-14(18)13-11(3-2-4-12(13)15)5-8-17-9-6-16-7-10-17/h2-4,16H,5-10,15H2,1H3. The average molecular weight is 263 g/mol. The van der Waals surface area contributed by atoms with Gasteiger partial charge in [0.1, 0.15) is 0 Å². The number of nitrogen functional groups attached to an aromatic ring is 1. The number of rotatable bonds is 4. The van der Waals surface area contributed by atoms with E-state index in [9.17, 15) is 4.79 Å². The molecule has 0 atom stereocenters. The van der Waals surface area contributed by atoms with Gasteiger partial charge in [0, 0.05) is 38.4 Å². The van der Waals surface area contributed by atoms with E-state index in [4.69, 9.17) is 10.5 Å². The molecule has 1 aromatic rings. The Morgan fingerprint density at radius 1 is 1.42 bits per heavy atom. The van der Waals surface area contributed by atoms with E-state index in [1.807, 2.05) is 12.1 Å². The second kappa shape index (κ2) is 6.54. The highest BCUT2D eigenvalue weighted by atomic mass is 16.5. The summed E-state index contributed by atoms with van der Waals surface area (Å²) in [6, 6.07) is 5.57. The monoisotopic (exact) mass is 263 g/mol. The summed E-state index contributed by atoms with van der Waals surface area (Å²) in [5.74, 6) is -0.353. The maximum atomic E-state index is 11.8. The van der Waals surface area contributed by atoms with Gasteiger partial charge in [-0.1, -0.05) is 12.1 Å². The minimum atomic E-state index is -0.353. The number of nitrogens with two attached hydrogens (primary N) is 1. The molecule has 0 saturated carbocycles. The molecule has 3 N–H and O–H groups in total. The molecule has 19 heavy (non-hydrogen) atoms. The van der Waals surface area contributed by atoms with Crippen LogP contribution in [0.4, 0.5) is 5.69 Å². The van der Waals surface area contributed by atoms with Crippen LogP contribution in [0.2, 0.25) is 0 Å². The Labute approximate surface area is 113 Å². The third-order valence-electron chi connectivity index (χ3n) is 3.48. The summed E-state index contributed by atoms with van der Waals surface area (Å²) in [6.45, 7) is 5.10. The first kappa shape index (κ1) is 13.8. The molecule has 1 saturated heterocycles. The van der Waals surface area contributed by atoms with Gasteiger partial charge in [-0.3, -0.25) is 0 Å². The van der Waals surface area contributed by atoms with E-state index in [-0.39, 0.29) is 5.97 Å². The van der Waals surface area contributed by atoms with Crippen molar-refractivity contribution in [3.8, 4) is 0 Å². The van der Waals surface area contributed by atoms with Crippen molar-refractivity contribution >= 4 is 11.7 Å². The molecule has 0 aliphatic carbocycles. The van der Waals surface area contributed by atoms with E-state index < -0.39 is 0 Å². The van der Waals surface area contributed by atoms with Crippen LogP contribution in [-0.4, -0.2) is 50.7 Å². The molecule has 5 heteroatoms.